The normalized spacial score (nSPS) is 10.9. The number of halogens is 1. The van der Waals surface area contributed by atoms with Crippen molar-refractivity contribution in [3.63, 3.8) is 0 Å². The molecule has 0 aromatic carbocycles. The molecule has 0 atom stereocenters. The zero-order valence-electron chi connectivity index (χ0n) is 10.6. The molecule has 0 saturated heterocycles. The van der Waals surface area contributed by atoms with Crippen LogP contribution in [0, 0.1) is 6.92 Å². The fraction of sp³-hybridized carbons (Fsp3) is 0.308. The molecule has 2 N–H and O–H groups in total. The molecule has 2 aromatic heterocycles. The van der Waals surface area contributed by atoms with Crippen LogP contribution in [-0.2, 0) is 0 Å². The lowest BCUT2D eigenvalue weighted by atomic mass is 10.1. The number of nitrogen functional groups attached to an aromatic ring is 1. The van der Waals surface area contributed by atoms with Crippen LogP contribution < -0.4 is 5.73 Å². The van der Waals surface area contributed by atoms with Crippen LogP contribution in [0.15, 0.2) is 22.7 Å². The molecule has 0 aliphatic carbocycles. The summed E-state index contributed by atoms with van der Waals surface area (Å²) >= 11 is 3.43. The topological polar surface area (TPSA) is 64.7 Å². The molecular formula is C13H15BrN4. The van der Waals surface area contributed by atoms with E-state index in [1.807, 2.05) is 25.1 Å². The third-order valence-corrected chi connectivity index (χ3v) is 3.38. The second-order valence-corrected chi connectivity index (χ2v) is 5.24. The van der Waals surface area contributed by atoms with Gasteiger partial charge in [0.1, 0.15) is 11.5 Å². The Morgan fingerprint density at radius 3 is 2.50 bits per heavy atom. The van der Waals surface area contributed by atoms with Gasteiger partial charge in [-0.1, -0.05) is 19.9 Å². The molecule has 0 fully saturated rings. The lowest BCUT2D eigenvalue weighted by molar-refractivity contribution is 0.810. The molecule has 94 valence electrons. The van der Waals surface area contributed by atoms with Crippen LogP contribution in [0.1, 0.15) is 31.2 Å². The molecule has 18 heavy (non-hydrogen) atoms. The summed E-state index contributed by atoms with van der Waals surface area (Å²) < 4.78 is 0.772. The van der Waals surface area contributed by atoms with Gasteiger partial charge in [0.25, 0.3) is 0 Å². The Balaban J connectivity index is 2.59. The Morgan fingerprint density at radius 2 is 1.89 bits per heavy atom. The molecular weight excluding hydrogens is 292 g/mol. The zero-order valence-corrected chi connectivity index (χ0v) is 12.2. The first kappa shape index (κ1) is 13.0. The van der Waals surface area contributed by atoms with Crippen LogP contribution in [0.4, 0.5) is 5.82 Å². The van der Waals surface area contributed by atoms with Gasteiger partial charge in [0.05, 0.1) is 10.2 Å². The highest BCUT2D eigenvalue weighted by molar-refractivity contribution is 9.10. The Kier molecular flexibility index (Phi) is 3.61. The van der Waals surface area contributed by atoms with Gasteiger partial charge in [0, 0.05) is 5.69 Å². The number of nitrogens with two attached hydrogens (primary N) is 1. The average Bonchev–Trinajstić information content (AvgIpc) is 2.32. The molecule has 0 aliphatic rings. The van der Waals surface area contributed by atoms with Crippen LogP contribution in [-0.4, -0.2) is 15.0 Å². The van der Waals surface area contributed by atoms with Gasteiger partial charge < -0.3 is 5.73 Å². The predicted molar refractivity (Wildman–Crippen MR) is 76.2 cm³/mol. The molecule has 2 heterocycles. The van der Waals surface area contributed by atoms with E-state index in [-0.39, 0.29) is 5.92 Å². The first-order valence-electron chi connectivity index (χ1n) is 5.76. The zero-order chi connectivity index (χ0) is 13.3. The molecule has 2 rings (SSSR count). The minimum Gasteiger partial charge on any atom is -0.383 e. The van der Waals surface area contributed by atoms with Gasteiger partial charge in [-0.25, -0.2) is 15.0 Å². The minimum absolute atomic E-state index is 0.272. The van der Waals surface area contributed by atoms with Crippen molar-refractivity contribution in [2.45, 2.75) is 26.7 Å². The fourth-order valence-electron chi connectivity index (χ4n) is 1.65. The van der Waals surface area contributed by atoms with Crippen molar-refractivity contribution in [1.29, 1.82) is 0 Å². The van der Waals surface area contributed by atoms with Crippen molar-refractivity contribution in [3.8, 4) is 11.5 Å². The fourth-order valence-corrected chi connectivity index (χ4v) is 2.28. The van der Waals surface area contributed by atoms with Gasteiger partial charge in [0.2, 0.25) is 0 Å². The molecule has 5 heteroatoms. The maximum absolute atomic E-state index is 5.91. The number of hydrogen-bond donors (Lipinski definition) is 1. The quantitative estimate of drug-likeness (QED) is 0.924. The minimum atomic E-state index is 0.272. The molecule has 0 bridgehead atoms. The summed E-state index contributed by atoms with van der Waals surface area (Å²) in [6.07, 6.45) is 0. The van der Waals surface area contributed by atoms with Gasteiger partial charge in [-0.15, -0.1) is 0 Å². The first-order chi connectivity index (χ1) is 8.49. The lowest BCUT2D eigenvalue weighted by Crippen LogP contribution is -2.05. The van der Waals surface area contributed by atoms with Crippen molar-refractivity contribution >= 4 is 21.7 Å². The van der Waals surface area contributed by atoms with Crippen molar-refractivity contribution in [1.82, 2.24) is 15.0 Å². The number of aromatic nitrogens is 3. The van der Waals surface area contributed by atoms with Gasteiger partial charge >= 0.3 is 0 Å². The Labute approximate surface area is 115 Å². The third kappa shape index (κ3) is 2.51. The summed E-state index contributed by atoms with van der Waals surface area (Å²) in [7, 11) is 0. The predicted octanol–water partition coefficient (Wildman–Crippen LogP) is 3.32. The molecule has 2 aromatic rings. The van der Waals surface area contributed by atoms with Crippen molar-refractivity contribution in [2.75, 3.05) is 5.73 Å². The number of nitrogens with zero attached hydrogens (tertiary/aromatic N) is 3. The molecule has 0 radical (unpaired) electrons. The van der Waals surface area contributed by atoms with E-state index in [9.17, 15) is 0 Å². The average molecular weight is 307 g/mol. The van der Waals surface area contributed by atoms with Gasteiger partial charge in [-0.2, -0.15) is 0 Å². The Bertz CT molecular complexity index is 581. The smallest absolute Gasteiger partial charge is 0.180 e. The molecule has 4 nitrogen and oxygen atoms in total. The third-order valence-electron chi connectivity index (χ3n) is 2.57. The number of aryl methyl sites for hydroxylation is 1. The van der Waals surface area contributed by atoms with E-state index in [0.29, 0.717) is 11.6 Å². The molecule has 0 saturated carbocycles. The summed E-state index contributed by atoms with van der Waals surface area (Å²) in [5.74, 6) is 1.29. The monoisotopic (exact) mass is 306 g/mol. The van der Waals surface area contributed by atoms with E-state index in [0.717, 1.165) is 21.6 Å². The second-order valence-electron chi connectivity index (χ2n) is 4.45. The SMILES string of the molecule is Cc1cccc(-c2nc(N)c(Br)c(C(C)C)n2)n1. The highest BCUT2D eigenvalue weighted by atomic mass is 79.9. The van der Waals surface area contributed by atoms with Crippen LogP contribution >= 0.6 is 15.9 Å². The van der Waals surface area contributed by atoms with Crippen LogP contribution in [0.5, 0.6) is 0 Å². The number of pyridine rings is 1. The molecule has 0 amide bonds. The van der Waals surface area contributed by atoms with E-state index in [4.69, 9.17) is 5.73 Å². The standard InChI is InChI=1S/C13H15BrN4/c1-7(2)11-10(14)12(15)18-13(17-11)9-6-4-5-8(3)16-9/h4-7H,1-3H3,(H2,15,17,18). The summed E-state index contributed by atoms with van der Waals surface area (Å²) in [6, 6.07) is 5.77. The van der Waals surface area contributed by atoms with Crippen LogP contribution in [0.2, 0.25) is 0 Å². The van der Waals surface area contributed by atoms with E-state index >= 15 is 0 Å². The Hall–Kier alpha value is -1.49. The number of rotatable bonds is 2. The summed E-state index contributed by atoms with van der Waals surface area (Å²) in [6.45, 7) is 6.08. The Morgan fingerprint density at radius 1 is 1.17 bits per heavy atom. The summed E-state index contributed by atoms with van der Waals surface area (Å²) in [5, 5.41) is 0. The largest absolute Gasteiger partial charge is 0.383 e. The molecule has 0 spiro atoms. The van der Waals surface area contributed by atoms with E-state index in [2.05, 4.69) is 44.7 Å². The number of hydrogen-bond acceptors (Lipinski definition) is 4. The van der Waals surface area contributed by atoms with E-state index < -0.39 is 0 Å². The van der Waals surface area contributed by atoms with Crippen LogP contribution in [0.25, 0.3) is 11.5 Å². The molecule has 0 aliphatic heterocycles. The van der Waals surface area contributed by atoms with Crippen LogP contribution in [0.3, 0.4) is 0 Å². The van der Waals surface area contributed by atoms with E-state index in [1.54, 1.807) is 0 Å². The molecule has 0 unspecified atom stereocenters. The van der Waals surface area contributed by atoms with Crippen molar-refractivity contribution in [2.24, 2.45) is 0 Å². The second kappa shape index (κ2) is 5.02. The maximum Gasteiger partial charge on any atom is 0.180 e. The highest BCUT2D eigenvalue weighted by Gasteiger charge is 2.14. The highest BCUT2D eigenvalue weighted by Crippen LogP contribution is 2.29. The first-order valence-corrected chi connectivity index (χ1v) is 6.55. The lowest BCUT2D eigenvalue weighted by Gasteiger charge is -2.11. The van der Waals surface area contributed by atoms with Gasteiger partial charge in [-0.05, 0) is 40.9 Å². The summed E-state index contributed by atoms with van der Waals surface area (Å²) in [4.78, 5) is 13.2. The van der Waals surface area contributed by atoms with Gasteiger partial charge in [-0.3, -0.25) is 0 Å². The summed E-state index contributed by atoms with van der Waals surface area (Å²) in [5.41, 5.74) is 8.49. The number of anilines is 1. The van der Waals surface area contributed by atoms with E-state index in [1.165, 1.54) is 0 Å². The van der Waals surface area contributed by atoms with Crippen molar-refractivity contribution < 1.29 is 0 Å². The van der Waals surface area contributed by atoms with Gasteiger partial charge in [0.15, 0.2) is 5.82 Å². The van der Waals surface area contributed by atoms with Crippen molar-refractivity contribution in [3.05, 3.63) is 34.1 Å². The maximum atomic E-state index is 5.91.